The van der Waals surface area contributed by atoms with Crippen molar-refractivity contribution in [3.05, 3.63) is 65.5 Å². The van der Waals surface area contributed by atoms with Crippen molar-refractivity contribution in [1.29, 1.82) is 0 Å². The fourth-order valence-electron chi connectivity index (χ4n) is 4.42. The van der Waals surface area contributed by atoms with E-state index in [1.807, 2.05) is 22.9 Å². The first-order valence-corrected chi connectivity index (χ1v) is 11.4. The van der Waals surface area contributed by atoms with Crippen LogP contribution in [0.5, 0.6) is 11.5 Å². The van der Waals surface area contributed by atoms with Gasteiger partial charge in [0.2, 0.25) is 0 Å². The van der Waals surface area contributed by atoms with Crippen molar-refractivity contribution in [1.82, 2.24) is 30.0 Å². The quantitative estimate of drug-likeness (QED) is 0.547. The third-order valence-corrected chi connectivity index (χ3v) is 6.13. The molecule has 0 radical (unpaired) electrons. The van der Waals surface area contributed by atoms with E-state index in [-0.39, 0.29) is 11.6 Å². The fraction of sp³-hybridized carbons (Fsp3) is 0.480. The SMILES string of the molecule is COc1ccc(OC)c([C@H](c2nnnn2C(C)(C)C)N2CCN(Cc3ccccc3)CC2)c1. The summed E-state index contributed by atoms with van der Waals surface area (Å²) in [6.45, 7) is 11.0. The van der Waals surface area contributed by atoms with Crippen LogP contribution in [0, 0.1) is 0 Å². The van der Waals surface area contributed by atoms with Gasteiger partial charge in [-0.2, -0.15) is 0 Å². The Morgan fingerprint density at radius 3 is 2.30 bits per heavy atom. The van der Waals surface area contributed by atoms with Gasteiger partial charge in [0, 0.05) is 38.3 Å². The Morgan fingerprint density at radius 2 is 1.67 bits per heavy atom. The van der Waals surface area contributed by atoms with Crippen molar-refractivity contribution >= 4 is 0 Å². The van der Waals surface area contributed by atoms with Crippen molar-refractivity contribution in [2.75, 3.05) is 40.4 Å². The summed E-state index contributed by atoms with van der Waals surface area (Å²) in [5.41, 5.74) is 2.10. The standard InChI is InChI=1S/C25H34N6O2/c1-25(2,3)31-24(26-27-28-31)23(21-17-20(32-4)11-12-22(21)33-5)30-15-13-29(14-16-30)18-19-9-7-6-8-10-19/h6-12,17,23H,13-16,18H2,1-5H3/t23-/m1/s1. The fourth-order valence-corrected chi connectivity index (χ4v) is 4.42. The molecule has 0 saturated carbocycles. The molecular formula is C25H34N6O2. The van der Waals surface area contributed by atoms with Crippen LogP contribution in [-0.2, 0) is 12.1 Å². The molecule has 0 N–H and O–H groups in total. The summed E-state index contributed by atoms with van der Waals surface area (Å²) in [6.07, 6.45) is 0. The largest absolute Gasteiger partial charge is 0.497 e. The zero-order valence-corrected chi connectivity index (χ0v) is 20.2. The molecule has 1 atom stereocenters. The Labute approximate surface area is 196 Å². The highest BCUT2D eigenvalue weighted by molar-refractivity contribution is 5.44. The predicted octanol–water partition coefficient (Wildman–Crippen LogP) is 3.35. The second-order valence-corrected chi connectivity index (χ2v) is 9.43. The maximum atomic E-state index is 5.77. The molecular weight excluding hydrogens is 416 g/mol. The van der Waals surface area contributed by atoms with Crippen LogP contribution in [0.1, 0.15) is 43.8 Å². The second-order valence-electron chi connectivity index (χ2n) is 9.43. The van der Waals surface area contributed by atoms with Gasteiger partial charge in [0.25, 0.3) is 0 Å². The summed E-state index contributed by atoms with van der Waals surface area (Å²) in [6, 6.07) is 16.4. The third-order valence-electron chi connectivity index (χ3n) is 6.13. The second kappa shape index (κ2) is 9.89. The van der Waals surface area contributed by atoms with Gasteiger partial charge in [-0.3, -0.25) is 9.80 Å². The van der Waals surface area contributed by atoms with Gasteiger partial charge in [-0.15, -0.1) is 5.10 Å². The monoisotopic (exact) mass is 450 g/mol. The number of hydrogen-bond acceptors (Lipinski definition) is 7. The van der Waals surface area contributed by atoms with Crippen LogP contribution in [0.4, 0.5) is 0 Å². The summed E-state index contributed by atoms with van der Waals surface area (Å²) in [4.78, 5) is 4.95. The van der Waals surface area contributed by atoms with Crippen molar-refractivity contribution in [3.63, 3.8) is 0 Å². The van der Waals surface area contributed by atoms with Crippen LogP contribution in [0.25, 0.3) is 0 Å². The summed E-state index contributed by atoms with van der Waals surface area (Å²) >= 11 is 0. The first-order valence-electron chi connectivity index (χ1n) is 11.4. The van der Waals surface area contributed by atoms with E-state index in [1.165, 1.54) is 5.56 Å². The highest BCUT2D eigenvalue weighted by Crippen LogP contribution is 2.37. The maximum Gasteiger partial charge on any atom is 0.173 e. The normalized spacial score (nSPS) is 16.5. The zero-order valence-electron chi connectivity index (χ0n) is 20.2. The molecule has 33 heavy (non-hydrogen) atoms. The first kappa shape index (κ1) is 23.2. The smallest absolute Gasteiger partial charge is 0.173 e. The van der Waals surface area contributed by atoms with Crippen LogP contribution >= 0.6 is 0 Å². The van der Waals surface area contributed by atoms with Gasteiger partial charge >= 0.3 is 0 Å². The van der Waals surface area contributed by atoms with E-state index >= 15 is 0 Å². The molecule has 1 saturated heterocycles. The molecule has 2 heterocycles. The number of aromatic nitrogens is 4. The maximum absolute atomic E-state index is 5.77. The van der Waals surface area contributed by atoms with Crippen LogP contribution in [0.15, 0.2) is 48.5 Å². The van der Waals surface area contributed by atoms with Crippen molar-refractivity contribution in [3.8, 4) is 11.5 Å². The van der Waals surface area contributed by atoms with Gasteiger partial charge in [0.1, 0.15) is 17.5 Å². The molecule has 8 heteroatoms. The van der Waals surface area contributed by atoms with Gasteiger partial charge in [-0.25, -0.2) is 4.68 Å². The van der Waals surface area contributed by atoms with Gasteiger partial charge in [-0.05, 0) is 55.0 Å². The topological polar surface area (TPSA) is 68.5 Å². The molecule has 1 aliphatic rings. The lowest BCUT2D eigenvalue weighted by Crippen LogP contribution is -2.48. The van der Waals surface area contributed by atoms with Crippen LogP contribution in [0.2, 0.25) is 0 Å². The minimum Gasteiger partial charge on any atom is -0.497 e. The third kappa shape index (κ3) is 5.17. The van der Waals surface area contributed by atoms with E-state index in [0.717, 1.165) is 55.6 Å². The minimum absolute atomic E-state index is 0.150. The Bertz CT molecular complexity index is 1040. The average molecular weight is 451 g/mol. The Hall–Kier alpha value is -2.97. The van der Waals surface area contributed by atoms with E-state index in [4.69, 9.17) is 9.47 Å². The molecule has 2 aromatic carbocycles. The number of nitrogens with zero attached hydrogens (tertiary/aromatic N) is 6. The summed E-state index contributed by atoms with van der Waals surface area (Å²) in [5.74, 6) is 2.40. The molecule has 1 fully saturated rings. The molecule has 0 aliphatic carbocycles. The molecule has 0 unspecified atom stereocenters. The van der Waals surface area contributed by atoms with E-state index in [9.17, 15) is 0 Å². The zero-order chi connectivity index (χ0) is 23.4. The number of tetrazole rings is 1. The van der Waals surface area contributed by atoms with Gasteiger partial charge in [-0.1, -0.05) is 30.3 Å². The number of ether oxygens (including phenoxy) is 2. The molecule has 3 aromatic rings. The van der Waals surface area contributed by atoms with Gasteiger partial charge < -0.3 is 9.47 Å². The first-order chi connectivity index (χ1) is 15.9. The lowest BCUT2D eigenvalue weighted by Gasteiger charge is -2.40. The molecule has 176 valence electrons. The lowest BCUT2D eigenvalue weighted by molar-refractivity contribution is 0.0969. The number of piperazine rings is 1. The lowest BCUT2D eigenvalue weighted by atomic mass is 10.00. The number of hydrogen-bond donors (Lipinski definition) is 0. The van der Waals surface area contributed by atoms with Crippen LogP contribution < -0.4 is 9.47 Å². The molecule has 0 amide bonds. The van der Waals surface area contributed by atoms with Crippen molar-refractivity contribution in [2.45, 2.75) is 38.9 Å². The number of methoxy groups -OCH3 is 2. The number of rotatable bonds is 7. The summed E-state index contributed by atoms with van der Waals surface area (Å²) in [5, 5.41) is 12.9. The Kier molecular flexibility index (Phi) is 6.95. The molecule has 4 rings (SSSR count). The predicted molar refractivity (Wildman–Crippen MR) is 127 cm³/mol. The molecule has 0 bridgehead atoms. The van der Waals surface area contributed by atoms with E-state index in [1.54, 1.807) is 14.2 Å². The molecule has 1 aromatic heterocycles. The minimum atomic E-state index is -0.252. The summed E-state index contributed by atoms with van der Waals surface area (Å²) < 4.78 is 13.2. The highest BCUT2D eigenvalue weighted by Gasteiger charge is 2.35. The van der Waals surface area contributed by atoms with Crippen molar-refractivity contribution in [2.24, 2.45) is 0 Å². The molecule has 1 aliphatic heterocycles. The summed E-state index contributed by atoms with van der Waals surface area (Å²) in [7, 11) is 3.38. The Balaban J connectivity index is 1.66. The van der Waals surface area contributed by atoms with E-state index in [2.05, 4.69) is 76.4 Å². The van der Waals surface area contributed by atoms with E-state index < -0.39 is 0 Å². The van der Waals surface area contributed by atoms with Crippen molar-refractivity contribution < 1.29 is 9.47 Å². The van der Waals surface area contributed by atoms with E-state index in [0.29, 0.717) is 0 Å². The highest BCUT2D eigenvalue weighted by atomic mass is 16.5. The van der Waals surface area contributed by atoms with Crippen LogP contribution in [0.3, 0.4) is 0 Å². The van der Waals surface area contributed by atoms with Crippen LogP contribution in [-0.4, -0.2) is 70.4 Å². The van der Waals surface area contributed by atoms with Gasteiger partial charge in [0.15, 0.2) is 5.82 Å². The molecule has 0 spiro atoms. The average Bonchev–Trinajstić information content (AvgIpc) is 3.31. The molecule has 8 nitrogen and oxygen atoms in total. The number of benzene rings is 2. The van der Waals surface area contributed by atoms with Gasteiger partial charge in [0.05, 0.1) is 19.8 Å². The Morgan fingerprint density at radius 1 is 0.939 bits per heavy atom.